The highest BCUT2D eigenvalue weighted by Crippen LogP contribution is 2.29. The van der Waals surface area contributed by atoms with E-state index >= 15 is 0 Å². The first kappa shape index (κ1) is 26.3. The average molecular weight is 628 g/mol. The lowest BCUT2D eigenvalue weighted by atomic mass is 10.1. The van der Waals surface area contributed by atoms with Gasteiger partial charge in [0.1, 0.15) is 17.9 Å². The Kier molecular flexibility index (Phi) is 8.20. The molecule has 3 aromatic carbocycles. The van der Waals surface area contributed by atoms with Crippen LogP contribution in [0.1, 0.15) is 28.4 Å². The van der Waals surface area contributed by atoms with Crippen LogP contribution in [0.5, 0.6) is 5.75 Å². The molecule has 1 N–H and O–H groups in total. The van der Waals surface area contributed by atoms with Crippen LogP contribution in [0.15, 0.2) is 81.2 Å². The van der Waals surface area contributed by atoms with Crippen molar-refractivity contribution in [2.75, 3.05) is 11.5 Å². The summed E-state index contributed by atoms with van der Waals surface area (Å²) in [5.41, 5.74) is 1.58. The molecule has 0 atom stereocenters. The number of amides is 4. The van der Waals surface area contributed by atoms with E-state index in [9.17, 15) is 19.2 Å². The van der Waals surface area contributed by atoms with E-state index in [-0.39, 0.29) is 30.0 Å². The Morgan fingerprint density at radius 2 is 1.73 bits per heavy atom. The molecule has 10 heteroatoms. The number of hydrogen-bond donors (Lipinski definition) is 1. The lowest BCUT2D eigenvalue weighted by molar-refractivity contribution is -0.122. The fourth-order valence-electron chi connectivity index (χ4n) is 3.54. The van der Waals surface area contributed by atoms with Crippen molar-refractivity contribution in [1.82, 2.24) is 5.32 Å². The van der Waals surface area contributed by atoms with Gasteiger partial charge in [-0.05, 0) is 61.5 Å². The molecule has 0 unspecified atom stereocenters. The largest absolute Gasteiger partial charge is 0.488 e. The highest BCUT2D eigenvalue weighted by Gasteiger charge is 2.37. The summed E-state index contributed by atoms with van der Waals surface area (Å²) >= 11 is 6.90. The highest BCUT2D eigenvalue weighted by molar-refractivity contribution is 9.10. The Balaban J connectivity index is 1.64. The average Bonchev–Trinajstić information content (AvgIpc) is 2.87. The normalized spacial score (nSPS) is 14.5. The zero-order chi connectivity index (χ0) is 26.5. The zero-order valence-electron chi connectivity index (χ0n) is 19.5. The molecule has 1 aliphatic heterocycles. The van der Waals surface area contributed by atoms with Crippen LogP contribution < -0.4 is 15.0 Å². The van der Waals surface area contributed by atoms with Crippen LogP contribution in [-0.2, 0) is 20.9 Å². The maximum Gasteiger partial charge on any atom is 0.338 e. The van der Waals surface area contributed by atoms with Crippen molar-refractivity contribution in [2.45, 2.75) is 13.5 Å². The van der Waals surface area contributed by atoms with Gasteiger partial charge in [0.25, 0.3) is 11.8 Å². The van der Waals surface area contributed by atoms with E-state index in [1.165, 1.54) is 30.3 Å². The summed E-state index contributed by atoms with van der Waals surface area (Å²) in [6, 6.07) is 17.7. The van der Waals surface area contributed by atoms with Gasteiger partial charge < -0.3 is 9.47 Å². The second-order valence-electron chi connectivity index (χ2n) is 7.79. The molecule has 188 valence electrons. The first-order valence-corrected chi connectivity index (χ1v) is 12.7. The summed E-state index contributed by atoms with van der Waals surface area (Å²) in [4.78, 5) is 51.3. The number of rotatable bonds is 7. The number of barbiturate groups is 1. The molecule has 0 aromatic heterocycles. The SMILES string of the molecule is CCOC(=O)c1ccc(N2C(=O)NC(=O)/C(=C\c3cc(Br)ccc3OCc3ccccc3Br)C2=O)cc1. The molecule has 4 amide bonds. The monoisotopic (exact) mass is 626 g/mol. The number of carbonyl (C=O) groups excluding carboxylic acids is 4. The smallest absolute Gasteiger partial charge is 0.338 e. The molecule has 0 aliphatic carbocycles. The minimum Gasteiger partial charge on any atom is -0.488 e. The Hall–Kier alpha value is -3.76. The van der Waals surface area contributed by atoms with Gasteiger partial charge in [-0.3, -0.25) is 14.9 Å². The number of imide groups is 2. The predicted octanol–water partition coefficient (Wildman–Crippen LogP) is 5.63. The molecule has 0 bridgehead atoms. The minimum absolute atomic E-state index is 0.189. The molecule has 3 aromatic rings. The number of ether oxygens (including phenoxy) is 2. The van der Waals surface area contributed by atoms with Gasteiger partial charge in [-0.15, -0.1) is 0 Å². The zero-order valence-corrected chi connectivity index (χ0v) is 22.7. The molecule has 0 radical (unpaired) electrons. The fourth-order valence-corrected chi connectivity index (χ4v) is 4.32. The molecular weight excluding hydrogens is 608 g/mol. The second kappa shape index (κ2) is 11.5. The van der Waals surface area contributed by atoms with Crippen LogP contribution in [0.4, 0.5) is 10.5 Å². The number of esters is 1. The number of carbonyl (C=O) groups is 4. The van der Waals surface area contributed by atoms with Gasteiger partial charge in [-0.2, -0.15) is 0 Å². The Bertz CT molecular complexity index is 1420. The van der Waals surface area contributed by atoms with E-state index in [2.05, 4.69) is 37.2 Å². The molecule has 1 saturated heterocycles. The molecule has 37 heavy (non-hydrogen) atoms. The third-order valence-electron chi connectivity index (χ3n) is 5.35. The number of nitrogens with zero attached hydrogens (tertiary/aromatic N) is 1. The van der Waals surface area contributed by atoms with Crippen molar-refractivity contribution in [3.05, 3.63) is 97.9 Å². The molecule has 0 spiro atoms. The minimum atomic E-state index is -0.893. The Morgan fingerprint density at radius 3 is 2.43 bits per heavy atom. The summed E-state index contributed by atoms with van der Waals surface area (Å²) in [6.07, 6.45) is 1.38. The van der Waals surface area contributed by atoms with Crippen LogP contribution in [0.2, 0.25) is 0 Å². The highest BCUT2D eigenvalue weighted by atomic mass is 79.9. The van der Waals surface area contributed by atoms with Gasteiger partial charge in [0.05, 0.1) is 17.9 Å². The number of nitrogens with one attached hydrogen (secondary N) is 1. The number of benzene rings is 3. The van der Waals surface area contributed by atoms with Crippen molar-refractivity contribution < 1.29 is 28.7 Å². The van der Waals surface area contributed by atoms with Crippen molar-refractivity contribution in [3.8, 4) is 5.75 Å². The molecule has 8 nitrogen and oxygen atoms in total. The third kappa shape index (κ3) is 5.98. The lowest BCUT2D eigenvalue weighted by Gasteiger charge is -2.26. The van der Waals surface area contributed by atoms with Crippen LogP contribution in [0.25, 0.3) is 6.08 Å². The van der Waals surface area contributed by atoms with Crippen molar-refractivity contribution in [3.63, 3.8) is 0 Å². The van der Waals surface area contributed by atoms with Crippen LogP contribution in [0.3, 0.4) is 0 Å². The quantitative estimate of drug-likeness (QED) is 0.207. The first-order valence-electron chi connectivity index (χ1n) is 11.1. The van der Waals surface area contributed by atoms with Crippen LogP contribution >= 0.6 is 31.9 Å². The fraction of sp³-hybridized carbons (Fsp3) is 0.111. The topological polar surface area (TPSA) is 102 Å². The predicted molar refractivity (Wildman–Crippen MR) is 144 cm³/mol. The number of hydrogen-bond acceptors (Lipinski definition) is 6. The van der Waals surface area contributed by atoms with Crippen molar-refractivity contribution in [2.24, 2.45) is 0 Å². The second-order valence-corrected chi connectivity index (χ2v) is 9.56. The van der Waals surface area contributed by atoms with E-state index in [4.69, 9.17) is 9.47 Å². The molecule has 0 saturated carbocycles. The molecule has 1 fully saturated rings. The maximum atomic E-state index is 13.3. The van der Waals surface area contributed by atoms with Crippen LogP contribution in [0, 0.1) is 0 Å². The number of anilines is 1. The molecule has 4 rings (SSSR count). The van der Waals surface area contributed by atoms with E-state index in [0.717, 1.165) is 14.9 Å². The Morgan fingerprint density at radius 1 is 1.00 bits per heavy atom. The summed E-state index contributed by atoms with van der Waals surface area (Å²) in [7, 11) is 0. The van der Waals surface area contributed by atoms with Gasteiger partial charge in [-0.1, -0.05) is 50.1 Å². The first-order chi connectivity index (χ1) is 17.8. The lowest BCUT2D eigenvalue weighted by Crippen LogP contribution is -2.54. The van der Waals surface area contributed by atoms with Gasteiger partial charge in [-0.25, -0.2) is 14.5 Å². The van der Waals surface area contributed by atoms with Crippen molar-refractivity contribution in [1.29, 1.82) is 0 Å². The van der Waals surface area contributed by atoms with Gasteiger partial charge in [0, 0.05) is 20.1 Å². The van der Waals surface area contributed by atoms with E-state index in [1.807, 2.05) is 24.3 Å². The van der Waals surface area contributed by atoms with Crippen LogP contribution in [-0.4, -0.2) is 30.4 Å². The molecule has 1 heterocycles. The van der Waals surface area contributed by atoms with E-state index in [1.54, 1.807) is 25.1 Å². The van der Waals surface area contributed by atoms with Crippen molar-refractivity contribution >= 4 is 67.4 Å². The summed E-state index contributed by atoms with van der Waals surface area (Å²) < 4.78 is 12.5. The number of urea groups is 1. The van der Waals surface area contributed by atoms with Gasteiger partial charge in [0.2, 0.25) is 0 Å². The summed E-state index contributed by atoms with van der Waals surface area (Å²) in [6.45, 7) is 2.15. The van der Waals surface area contributed by atoms with E-state index < -0.39 is 23.8 Å². The van der Waals surface area contributed by atoms with Gasteiger partial charge in [0.15, 0.2) is 0 Å². The standard InChI is InChI=1S/C27H20Br2N2O6/c1-2-36-26(34)16-7-10-20(11-8-16)31-25(33)21(24(32)30-27(31)35)14-18-13-19(28)9-12-23(18)37-15-17-5-3-4-6-22(17)29/h3-14H,2,15H2,1H3,(H,30,32,35)/b21-14+. The Labute approximate surface area is 229 Å². The molecular formula is C27H20Br2N2O6. The summed E-state index contributed by atoms with van der Waals surface area (Å²) in [5.74, 6) is -1.72. The van der Waals surface area contributed by atoms with E-state index in [0.29, 0.717) is 15.8 Å². The number of halogens is 2. The molecule has 1 aliphatic rings. The van der Waals surface area contributed by atoms with Gasteiger partial charge >= 0.3 is 12.0 Å². The summed E-state index contributed by atoms with van der Waals surface area (Å²) in [5, 5.41) is 2.19. The third-order valence-corrected chi connectivity index (χ3v) is 6.62. The maximum absolute atomic E-state index is 13.3.